The molecule has 5 nitrogen and oxygen atoms in total. The zero-order valence-electron chi connectivity index (χ0n) is 11.6. The molecule has 0 unspecified atom stereocenters. The largest absolute Gasteiger partial charge is 0.324 e. The van der Waals surface area contributed by atoms with Crippen LogP contribution in [-0.2, 0) is 6.54 Å². The molecule has 0 aromatic carbocycles. The van der Waals surface area contributed by atoms with Crippen LogP contribution in [0.25, 0.3) is 0 Å². The Morgan fingerprint density at radius 1 is 1.40 bits per heavy atom. The van der Waals surface area contributed by atoms with Gasteiger partial charge in [0.15, 0.2) is 0 Å². The molecule has 0 atom stereocenters. The number of nitrogens with one attached hydrogen (secondary N) is 1. The van der Waals surface area contributed by atoms with E-state index in [4.69, 9.17) is 0 Å². The molecular formula is C14H21N3O2S. The summed E-state index contributed by atoms with van der Waals surface area (Å²) in [4.78, 5) is 13.1. The minimum Gasteiger partial charge on any atom is -0.314 e. The fourth-order valence-electron chi connectivity index (χ4n) is 3.60. The SMILES string of the molecule is O=[N+]([O-])c1cc(CN2CCNCC23CCCCC3)cs1. The molecule has 6 heteroatoms. The molecule has 1 N–H and O–H groups in total. The quantitative estimate of drug-likeness (QED) is 0.688. The lowest BCUT2D eigenvalue weighted by Crippen LogP contribution is -2.61. The first kappa shape index (κ1) is 14.0. The van der Waals surface area contributed by atoms with E-state index in [0.29, 0.717) is 0 Å². The molecule has 0 amide bonds. The van der Waals surface area contributed by atoms with Crippen LogP contribution in [0.5, 0.6) is 0 Å². The fourth-order valence-corrected chi connectivity index (χ4v) is 4.32. The van der Waals surface area contributed by atoms with Gasteiger partial charge in [0.2, 0.25) is 0 Å². The summed E-state index contributed by atoms with van der Waals surface area (Å²) in [6, 6.07) is 1.74. The summed E-state index contributed by atoms with van der Waals surface area (Å²) in [5.41, 5.74) is 1.38. The topological polar surface area (TPSA) is 58.4 Å². The number of hydrogen-bond acceptors (Lipinski definition) is 5. The van der Waals surface area contributed by atoms with Crippen LogP contribution in [0.15, 0.2) is 11.4 Å². The van der Waals surface area contributed by atoms with Gasteiger partial charge in [0.1, 0.15) is 0 Å². The molecule has 2 aliphatic rings. The van der Waals surface area contributed by atoms with Crippen molar-refractivity contribution in [2.45, 2.75) is 44.2 Å². The van der Waals surface area contributed by atoms with Crippen LogP contribution in [0.4, 0.5) is 5.00 Å². The summed E-state index contributed by atoms with van der Waals surface area (Å²) in [5.74, 6) is 0. The van der Waals surface area contributed by atoms with E-state index < -0.39 is 0 Å². The highest BCUT2D eigenvalue weighted by Gasteiger charge is 2.39. The lowest BCUT2D eigenvalue weighted by Gasteiger charge is -2.50. The fraction of sp³-hybridized carbons (Fsp3) is 0.714. The molecule has 1 saturated carbocycles. The first-order chi connectivity index (χ1) is 9.70. The lowest BCUT2D eigenvalue weighted by atomic mass is 9.79. The molecule has 1 spiro atoms. The first-order valence-corrected chi connectivity index (χ1v) is 8.25. The van der Waals surface area contributed by atoms with Crippen molar-refractivity contribution in [1.82, 2.24) is 10.2 Å². The average Bonchev–Trinajstić information content (AvgIpc) is 2.91. The zero-order valence-corrected chi connectivity index (χ0v) is 12.5. The number of piperazine rings is 1. The van der Waals surface area contributed by atoms with Gasteiger partial charge in [-0.25, -0.2) is 0 Å². The van der Waals surface area contributed by atoms with Crippen LogP contribution in [-0.4, -0.2) is 35.0 Å². The van der Waals surface area contributed by atoms with Gasteiger partial charge in [-0.3, -0.25) is 15.0 Å². The van der Waals surface area contributed by atoms with Gasteiger partial charge in [0.05, 0.1) is 4.92 Å². The third-order valence-electron chi connectivity index (χ3n) is 4.66. The summed E-state index contributed by atoms with van der Waals surface area (Å²) in [6.07, 6.45) is 6.47. The molecule has 2 fully saturated rings. The maximum Gasteiger partial charge on any atom is 0.324 e. The van der Waals surface area contributed by atoms with Crippen LogP contribution in [0.1, 0.15) is 37.7 Å². The Balaban J connectivity index is 1.74. The summed E-state index contributed by atoms with van der Waals surface area (Å²) < 4.78 is 0. The summed E-state index contributed by atoms with van der Waals surface area (Å²) >= 11 is 1.24. The maximum atomic E-state index is 10.8. The Bertz CT molecular complexity index is 474. The van der Waals surface area contributed by atoms with Gasteiger partial charge in [-0.1, -0.05) is 30.6 Å². The summed E-state index contributed by atoms with van der Waals surface area (Å²) in [6.45, 7) is 3.99. The van der Waals surface area contributed by atoms with E-state index in [-0.39, 0.29) is 15.5 Å². The monoisotopic (exact) mass is 295 g/mol. The Hall–Kier alpha value is -0.980. The lowest BCUT2D eigenvalue weighted by molar-refractivity contribution is -0.380. The first-order valence-electron chi connectivity index (χ1n) is 7.37. The summed E-state index contributed by atoms with van der Waals surface area (Å²) in [5, 5.41) is 16.5. The number of nitro groups is 1. The minimum absolute atomic E-state index is 0.257. The second kappa shape index (κ2) is 5.79. The van der Waals surface area contributed by atoms with Crippen LogP contribution < -0.4 is 5.32 Å². The van der Waals surface area contributed by atoms with Crippen LogP contribution in [0, 0.1) is 10.1 Å². The van der Waals surface area contributed by atoms with Crippen LogP contribution in [0.2, 0.25) is 0 Å². The molecule has 20 heavy (non-hydrogen) atoms. The van der Waals surface area contributed by atoms with E-state index in [1.165, 1.54) is 43.4 Å². The van der Waals surface area contributed by atoms with Gasteiger partial charge in [-0.05, 0) is 18.4 Å². The van der Waals surface area contributed by atoms with Gasteiger partial charge in [0, 0.05) is 43.2 Å². The van der Waals surface area contributed by atoms with Crippen molar-refractivity contribution in [3.63, 3.8) is 0 Å². The molecule has 0 bridgehead atoms. The molecule has 1 aliphatic carbocycles. The molecule has 0 radical (unpaired) electrons. The van der Waals surface area contributed by atoms with Crippen LogP contribution in [0.3, 0.4) is 0 Å². The van der Waals surface area contributed by atoms with E-state index >= 15 is 0 Å². The molecule has 1 saturated heterocycles. The second-order valence-corrected chi connectivity index (χ2v) is 6.82. The standard InChI is InChI=1S/C14H21N3O2S/c18-17(19)13-8-12(10-20-13)9-16-7-6-15-11-14(16)4-2-1-3-5-14/h8,10,15H,1-7,9,11H2. The molecule has 2 heterocycles. The zero-order chi connectivity index (χ0) is 14.0. The van der Waals surface area contributed by atoms with E-state index in [9.17, 15) is 10.1 Å². The Labute approximate surface area is 123 Å². The average molecular weight is 295 g/mol. The van der Waals surface area contributed by atoms with Crippen molar-refractivity contribution >= 4 is 16.3 Å². The normalized spacial score (nSPS) is 23.0. The second-order valence-electron chi connectivity index (χ2n) is 5.93. The molecule has 1 aliphatic heterocycles. The van der Waals surface area contributed by atoms with Crippen molar-refractivity contribution in [3.8, 4) is 0 Å². The Morgan fingerprint density at radius 2 is 2.20 bits per heavy atom. The highest BCUT2D eigenvalue weighted by Crippen LogP contribution is 2.36. The van der Waals surface area contributed by atoms with Crippen LogP contribution >= 0.6 is 11.3 Å². The smallest absolute Gasteiger partial charge is 0.314 e. The van der Waals surface area contributed by atoms with E-state index in [1.54, 1.807) is 6.07 Å². The van der Waals surface area contributed by atoms with Crippen molar-refractivity contribution < 1.29 is 4.92 Å². The molecule has 1 aromatic heterocycles. The van der Waals surface area contributed by atoms with Crippen molar-refractivity contribution in [1.29, 1.82) is 0 Å². The van der Waals surface area contributed by atoms with Crippen molar-refractivity contribution in [2.75, 3.05) is 19.6 Å². The highest BCUT2D eigenvalue weighted by molar-refractivity contribution is 7.13. The van der Waals surface area contributed by atoms with Gasteiger partial charge in [0.25, 0.3) is 0 Å². The van der Waals surface area contributed by atoms with Gasteiger partial charge >= 0.3 is 5.00 Å². The van der Waals surface area contributed by atoms with Gasteiger partial charge < -0.3 is 5.32 Å². The minimum atomic E-state index is -0.289. The molecule has 3 rings (SSSR count). The summed E-state index contributed by atoms with van der Waals surface area (Å²) in [7, 11) is 0. The molecule has 110 valence electrons. The van der Waals surface area contributed by atoms with Crippen molar-refractivity contribution in [3.05, 3.63) is 27.1 Å². The predicted molar refractivity (Wildman–Crippen MR) is 80.1 cm³/mol. The Kier molecular flexibility index (Phi) is 4.05. The van der Waals surface area contributed by atoms with E-state index in [0.717, 1.165) is 31.7 Å². The number of hydrogen-bond donors (Lipinski definition) is 1. The number of thiophene rings is 1. The third-order valence-corrected chi connectivity index (χ3v) is 5.59. The third kappa shape index (κ3) is 2.73. The van der Waals surface area contributed by atoms with Gasteiger partial charge in [-0.2, -0.15) is 0 Å². The van der Waals surface area contributed by atoms with E-state index in [2.05, 4.69) is 10.2 Å². The van der Waals surface area contributed by atoms with E-state index in [1.807, 2.05) is 5.38 Å². The Morgan fingerprint density at radius 3 is 2.90 bits per heavy atom. The maximum absolute atomic E-state index is 10.8. The highest BCUT2D eigenvalue weighted by atomic mass is 32.1. The van der Waals surface area contributed by atoms with Crippen molar-refractivity contribution in [2.24, 2.45) is 0 Å². The molecule has 1 aromatic rings. The predicted octanol–water partition coefficient (Wildman–Crippen LogP) is 2.76. The number of nitrogens with zero attached hydrogens (tertiary/aromatic N) is 2. The number of rotatable bonds is 3. The molecular weight excluding hydrogens is 274 g/mol. The van der Waals surface area contributed by atoms with Gasteiger partial charge in [-0.15, -0.1) is 0 Å².